The predicted molar refractivity (Wildman–Crippen MR) is 65.8 cm³/mol. The molecule has 1 aromatic heterocycles. The maximum atomic E-state index is 12.1. The van der Waals surface area contributed by atoms with Gasteiger partial charge in [-0.2, -0.15) is 0 Å². The van der Waals surface area contributed by atoms with Crippen LogP contribution in [0.2, 0.25) is 0 Å². The fourth-order valence-electron chi connectivity index (χ4n) is 2.30. The highest BCUT2D eigenvalue weighted by Gasteiger charge is 2.46. The molecule has 2 unspecified atom stereocenters. The smallest absolute Gasteiger partial charge is 0.255 e. The molecule has 4 heteroatoms. The molecule has 1 aromatic rings. The topological polar surface area (TPSA) is 68.3 Å². The van der Waals surface area contributed by atoms with Crippen molar-refractivity contribution in [2.75, 3.05) is 0 Å². The van der Waals surface area contributed by atoms with Crippen LogP contribution in [0.5, 0.6) is 0 Å². The van der Waals surface area contributed by atoms with Crippen LogP contribution in [0.25, 0.3) is 0 Å². The molecule has 0 spiro atoms. The van der Waals surface area contributed by atoms with Crippen molar-refractivity contribution >= 4 is 5.91 Å². The standard InChI is InChI=1S/C13H20N2O2/c1-7-5-9(8(2)17-7)12(16)15-11-6-10(14)13(11,3)4/h5,10-11H,6,14H2,1-4H3,(H,15,16). The highest BCUT2D eigenvalue weighted by atomic mass is 16.3. The molecule has 1 amide bonds. The highest BCUT2D eigenvalue weighted by Crippen LogP contribution is 2.39. The summed E-state index contributed by atoms with van der Waals surface area (Å²) in [6.45, 7) is 7.81. The van der Waals surface area contributed by atoms with Gasteiger partial charge >= 0.3 is 0 Å². The maximum absolute atomic E-state index is 12.1. The van der Waals surface area contributed by atoms with Crippen LogP contribution in [0.1, 0.15) is 42.1 Å². The Morgan fingerprint density at radius 1 is 1.53 bits per heavy atom. The Balaban J connectivity index is 2.06. The lowest BCUT2D eigenvalue weighted by molar-refractivity contribution is 0.0585. The van der Waals surface area contributed by atoms with Gasteiger partial charge in [0, 0.05) is 17.5 Å². The van der Waals surface area contributed by atoms with E-state index in [0.29, 0.717) is 11.3 Å². The van der Waals surface area contributed by atoms with Crippen molar-refractivity contribution in [2.24, 2.45) is 11.1 Å². The van der Waals surface area contributed by atoms with Gasteiger partial charge in [0.05, 0.1) is 5.56 Å². The van der Waals surface area contributed by atoms with E-state index in [1.807, 2.05) is 6.92 Å². The summed E-state index contributed by atoms with van der Waals surface area (Å²) in [6.07, 6.45) is 0.842. The number of furan rings is 1. The second kappa shape index (κ2) is 3.88. The van der Waals surface area contributed by atoms with E-state index in [9.17, 15) is 4.79 Å². The molecule has 0 aliphatic heterocycles. The molecule has 1 fully saturated rings. The van der Waals surface area contributed by atoms with Gasteiger partial charge in [0.2, 0.25) is 0 Å². The quantitative estimate of drug-likeness (QED) is 0.822. The molecule has 0 saturated heterocycles. The zero-order chi connectivity index (χ0) is 12.8. The van der Waals surface area contributed by atoms with Crippen LogP contribution in [0.3, 0.4) is 0 Å². The Kier molecular flexibility index (Phi) is 2.78. The number of carbonyl (C=O) groups excluding carboxylic acids is 1. The number of rotatable bonds is 2. The molecule has 0 bridgehead atoms. The zero-order valence-electron chi connectivity index (χ0n) is 10.8. The molecule has 3 N–H and O–H groups in total. The Labute approximate surface area is 102 Å². The van der Waals surface area contributed by atoms with E-state index in [0.717, 1.165) is 12.2 Å². The van der Waals surface area contributed by atoms with Crippen LogP contribution in [0.15, 0.2) is 10.5 Å². The van der Waals surface area contributed by atoms with Gasteiger partial charge in [-0.15, -0.1) is 0 Å². The molecular weight excluding hydrogens is 216 g/mol. The molecule has 4 nitrogen and oxygen atoms in total. The third kappa shape index (κ3) is 1.97. The summed E-state index contributed by atoms with van der Waals surface area (Å²) >= 11 is 0. The predicted octanol–water partition coefficient (Wildman–Crippen LogP) is 1.75. The third-order valence-electron chi connectivity index (χ3n) is 3.93. The van der Waals surface area contributed by atoms with Crippen molar-refractivity contribution in [1.82, 2.24) is 5.32 Å². The fraction of sp³-hybridized carbons (Fsp3) is 0.615. The van der Waals surface area contributed by atoms with Gasteiger partial charge in [-0.1, -0.05) is 13.8 Å². The fourth-order valence-corrected chi connectivity index (χ4v) is 2.30. The lowest BCUT2D eigenvalue weighted by atomic mass is 9.63. The first-order valence-corrected chi connectivity index (χ1v) is 5.96. The SMILES string of the molecule is Cc1cc(C(=O)NC2CC(N)C2(C)C)c(C)o1. The minimum Gasteiger partial charge on any atom is -0.466 e. The number of carbonyl (C=O) groups is 1. The largest absolute Gasteiger partial charge is 0.466 e. The molecular formula is C13H20N2O2. The molecule has 1 heterocycles. The molecule has 1 saturated carbocycles. The molecule has 2 rings (SSSR count). The van der Waals surface area contributed by atoms with Gasteiger partial charge in [0.25, 0.3) is 5.91 Å². The molecule has 1 aliphatic carbocycles. The van der Waals surface area contributed by atoms with Crippen molar-refractivity contribution in [3.05, 3.63) is 23.2 Å². The second-order valence-corrected chi connectivity index (χ2v) is 5.52. The molecule has 0 aromatic carbocycles. The van der Waals surface area contributed by atoms with E-state index in [1.54, 1.807) is 13.0 Å². The van der Waals surface area contributed by atoms with Crippen LogP contribution < -0.4 is 11.1 Å². The Morgan fingerprint density at radius 3 is 2.59 bits per heavy atom. The van der Waals surface area contributed by atoms with Gasteiger partial charge in [-0.05, 0) is 26.3 Å². The normalized spacial score (nSPS) is 26.4. The van der Waals surface area contributed by atoms with Crippen molar-refractivity contribution in [2.45, 2.75) is 46.2 Å². The number of aryl methyl sites for hydroxylation is 2. The average Bonchev–Trinajstić information content (AvgIpc) is 2.57. The third-order valence-corrected chi connectivity index (χ3v) is 3.93. The second-order valence-electron chi connectivity index (χ2n) is 5.52. The minimum atomic E-state index is -0.0654. The number of nitrogens with two attached hydrogens (primary N) is 1. The molecule has 94 valence electrons. The van der Waals surface area contributed by atoms with Gasteiger partial charge in [0.15, 0.2) is 0 Å². The molecule has 0 radical (unpaired) electrons. The van der Waals surface area contributed by atoms with Crippen LogP contribution in [-0.2, 0) is 0 Å². The molecule has 17 heavy (non-hydrogen) atoms. The zero-order valence-corrected chi connectivity index (χ0v) is 10.8. The van der Waals surface area contributed by atoms with Gasteiger partial charge in [0.1, 0.15) is 11.5 Å². The summed E-state index contributed by atoms with van der Waals surface area (Å²) in [4.78, 5) is 12.1. The van der Waals surface area contributed by atoms with Crippen LogP contribution in [-0.4, -0.2) is 18.0 Å². The van der Waals surface area contributed by atoms with Crippen molar-refractivity contribution in [3.8, 4) is 0 Å². The van der Waals surface area contributed by atoms with Crippen molar-refractivity contribution in [1.29, 1.82) is 0 Å². The lowest BCUT2D eigenvalue weighted by Crippen LogP contribution is -2.64. The first-order valence-electron chi connectivity index (χ1n) is 5.96. The maximum Gasteiger partial charge on any atom is 0.255 e. The summed E-state index contributed by atoms with van der Waals surface area (Å²) in [5.41, 5.74) is 6.52. The van der Waals surface area contributed by atoms with Gasteiger partial charge in [-0.25, -0.2) is 0 Å². The van der Waals surface area contributed by atoms with E-state index in [2.05, 4.69) is 19.2 Å². The van der Waals surface area contributed by atoms with Crippen molar-refractivity contribution in [3.63, 3.8) is 0 Å². The summed E-state index contributed by atoms with van der Waals surface area (Å²) in [6, 6.07) is 2.09. The van der Waals surface area contributed by atoms with Crippen LogP contribution in [0.4, 0.5) is 0 Å². The number of hydrogen-bond donors (Lipinski definition) is 2. The Morgan fingerprint density at radius 2 is 2.18 bits per heavy atom. The van der Waals surface area contributed by atoms with E-state index >= 15 is 0 Å². The summed E-state index contributed by atoms with van der Waals surface area (Å²) in [5, 5.41) is 3.03. The number of amides is 1. The monoisotopic (exact) mass is 236 g/mol. The van der Waals surface area contributed by atoms with Crippen LogP contribution in [0, 0.1) is 19.3 Å². The molecule has 2 atom stereocenters. The van der Waals surface area contributed by atoms with E-state index in [-0.39, 0.29) is 23.4 Å². The first kappa shape index (κ1) is 12.2. The van der Waals surface area contributed by atoms with Gasteiger partial charge < -0.3 is 15.5 Å². The number of hydrogen-bond acceptors (Lipinski definition) is 3. The lowest BCUT2D eigenvalue weighted by Gasteiger charge is -2.50. The van der Waals surface area contributed by atoms with Gasteiger partial charge in [-0.3, -0.25) is 4.79 Å². The number of nitrogens with one attached hydrogen (secondary N) is 1. The van der Waals surface area contributed by atoms with Crippen molar-refractivity contribution < 1.29 is 9.21 Å². The van der Waals surface area contributed by atoms with E-state index in [4.69, 9.17) is 10.2 Å². The minimum absolute atomic E-state index is 0.0255. The Bertz CT molecular complexity index is 448. The summed E-state index contributed by atoms with van der Waals surface area (Å²) in [5.74, 6) is 1.36. The van der Waals surface area contributed by atoms with Crippen LogP contribution >= 0.6 is 0 Å². The molecule has 1 aliphatic rings. The summed E-state index contributed by atoms with van der Waals surface area (Å²) in [7, 11) is 0. The summed E-state index contributed by atoms with van der Waals surface area (Å²) < 4.78 is 5.36. The van der Waals surface area contributed by atoms with E-state index in [1.165, 1.54) is 0 Å². The average molecular weight is 236 g/mol. The highest BCUT2D eigenvalue weighted by molar-refractivity contribution is 5.95. The van der Waals surface area contributed by atoms with E-state index < -0.39 is 0 Å². The Hall–Kier alpha value is -1.29. The first-order chi connectivity index (χ1) is 7.82.